The van der Waals surface area contributed by atoms with E-state index in [-0.39, 0.29) is 18.7 Å². The van der Waals surface area contributed by atoms with E-state index in [1.807, 2.05) is 37.3 Å². The lowest BCUT2D eigenvalue weighted by molar-refractivity contribution is 0.173. The van der Waals surface area contributed by atoms with Crippen LogP contribution in [0.3, 0.4) is 0 Å². The van der Waals surface area contributed by atoms with Crippen molar-refractivity contribution in [3.63, 3.8) is 0 Å². The molecule has 3 aromatic rings. The number of nitrogens with zero attached hydrogens (tertiary/aromatic N) is 2. The third-order valence-corrected chi connectivity index (χ3v) is 4.67. The number of halogens is 1. The van der Waals surface area contributed by atoms with Gasteiger partial charge in [-0.3, -0.25) is 10.4 Å². The number of benzene rings is 1. The highest BCUT2D eigenvalue weighted by molar-refractivity contribution is 5.94. The molecule has 0 saturated carbocycles. The number of aromatic nitrogens is 3. The molecule has 4 N–H and O–H groups in total. The summed E-state index contributed by atoms with van der Waals surface area (Å²) >= 11 is 0. The summed E-state index contributed by atoms with van der Waals surface area (Å²) in [5.74, 6) is 0.891. The van der Waals surface area contributed by atoms with Crippen molar-refractivity contribution in [2.24, 2.45) is 0 Å². The number of carbonyl (C=O) groups excluding carboxylic acids is 1. The number of hydrogen-bond acceptors (Lipinski definition) is 5. The molecular weight excluding hydrogens is 363 g/mol. The van der Waals surface area contributed by atoms with Crippen molar-refractivity contribution in [1.82, 2.24) is 20.5 Å². The molecule has 2 aromatic heterocycles. The molecule has 1 aromatic carbocycles. The van der Waals surface area contributed by atoms with Gasteiger partial charge in [0.15, 0.2) is 5.82 Å². The molecule has 1 aliphatic heterocycles. The zero-order chi connectivity index (χ0) is 19.5. The van der Waals surface area contributed by atoms with Gasteiger partial charge in [-0.2, -0.15) is 5.10 Å². The predicted molar refractivity (Wildman–Crippen MR) is 104 cm³/mol. The third-order valence-electron chi connectivity index (χ3n) is 4.67. The number of pyridine rings is 1. The number of H-pyrrole nitrogens is 1. The molecule has 3 atom stereocenters. The highest BCUT2D eigenvalue weighted by Gasteiger charge is 2.28. The van der Waals surface area contributed by atoms with Crippen LogP contribution >= 0.6 is 0 Å². The van der Waals surface area contributed by atoms with Crippen LogP contribution < -0.4 is 16.0 Å². The number of amides is 2. The number of anilines is 2. The zero-order valence-electron chi connectivity index (χ0n) is 15.3. The maximum absolute atomic E-state index is 13.7. The molecule has 0 radical (unpaired) electrons. The quantitative estimate of drug-likeness (QED) is 0.541. The minimum Gasteiger partial charge on any atom is -0.376 e. The molecule has 0 bridgehead atoms. The summed E-state index contributed by atoms with van der Waals surface area (Å²) in [6.07, 6.45) is 0.511. The van der Waals surface area contributed by atoms with Crippen LogP contribution in [0.5, 0.6) is 0 Å². The van der Waals surface area contributed by atoms with Gasteiger partial charge >= 0.3 is 6.03 Å². The van der Waals surface area contributed by atoms with Gasteiger partial charge in [-0.05, 0) is 12.5 Å². The van der Waals surface area contributed by atoms with Crippen LogP contribution in [0.15, 0.2) is 42.6 Å². The second kappa shape index (κ2) is 7.81. The standard InChI is InChI=1S/C19H21FN6O2/c1-11(12-5-3-2-4-6-12)22-19(27)24-17-7-15-13(8-21-17)18(26-25-15)23-16-10-28-9-14(16)20/h2-8,11,14,16H,9-10H2,1H3,(H2,23,25,26)(H2,21,22,24,27). The molecule has 1 aliphatic rings. The number of carbonyl (C=O) groups is 1. The van der Waals surface area contributed by atoms with E-state index in [2.05, 4.69) is 31.1 Å². The maximum atomic E-state index is 13.7. The molecular formula is C19H21FN6O2. The van der Waals surface area contributed by atoms with E-state index in [0.717, 1.165) is 5.56 Å². The van der Waals surface area contributed by atoms with E-state index < -0.39 is 12.2 Å². The average molecular weight is 384 g/mol. The van der Waals surface area contributed by atoms with Gasteiger partial charge in [0, 0.05) is 12.3 Å². The SMILES string of the molecule is CC(NC(=O)Nc1cc2[nH]nc(NC3COCC3F)c2cn1)c1ccccc1. The Balaban J connectivity index is 1.41. The molecule has 4 rings (SSSR count). The number of alkyl halides is 1. The topological polar surface area (TPSA) is 104 Å². The van der Waals surface area contributed by atoms with Crippen LogP contribution in [0.4, 0.5) is 20.8 Å². The molecule has 28 heavy (non-hydrogen) atoms. The van der Waals surface area contributed by atoms with Crippen molar-refractivity contribution in [3.8, 4) is 0 Å². The molecule has 1 saturated heterocycles. The smallest absolute Gasteiger partial charge is 0.320 e. The lowest BCUT2D eigenvalue weighted by atomic mass is 10.1. The Hall–Kier alpha value is -3.20. The van der Waals surface area contributed by atoms with Gasteiger partial charge in [-0.25, -0.2) is 14.2 Å². The first-order valence-electron chi connectivity index (χ1n) is 9.05. The van der Waals surface area contributed by atoms with Crippen molar-refractivity contribution < 1.29 is 13.9 Å². The molecule has 2 amide bonds. The van der Waals surface area contributed by atoms with Crippen LogP contribution in [0.25, 0.3) is 10.9 Å². The van der Waals surface area contributed by atoms with Gasteiger partial charge in [-0.1, -0.05) is 30.3 Å². The molecule has 9 heteroatoms. The lowest BCUT2D eigenvalue weighted by Crippen LogP contribution is -2.31. The van der Waals surface area contributed by atoms with Crippen LogP contribution in [0.1, 0.15) is 18.5 Å². The van der Waals surface area contributed by atoms with E-state index in [4.69, 9.17) is 4.74 Å². The summed E-state index contributed by atoms with van der Waals surface area (Å²) < 4.78 is 18.8. The lowest BCUT2D eigenvalue weighted by Gasteiger charge is -2.14. The molecule has 3 heterocycles. The van der Waals surface area contributed by atoms with Gasteiger partial charge < -0.3 is 15.4 Å². The van der Waals surface area contributed by atoms with Crippen LogP contribution in [0, 0.1) is 0 Å². The first-order valence-corrected chi connectivity index (χ1v) is 9.05. The fraction of sp³-hybridized carbons (Fsp3) is 0.316. The number of hydrogen-bond donors (Lipinski definition) is 4. The summed E-state index contributed by atoms with van der Waals surface area (Å²) in [6.45, 7) is 2.29. The van der Waals surface area contributed by atoms with Gasteiger partial charge in [0.05, 0.1) is 36.2 Å². The fourth-order valence-corrected chi connectivity index (χ4v) is 3.10. The van der Waals surface area contributed by atoms with E-state index in [1.165, 1.54) is 0 Å². The summed E-state index contributed by atoms with van der Waals surface area (Å²) in [5.41, 5.74) is 1.69. The van der Waals surface area contributed by atoms with E-state index >= 15 is 0 Å². The summed E-state index contributed by atoms with van der Waals surface area (Å²) in [6, 6.07) is 10.4. The highest BCUT2D eigenvalue weighted by Crippen LogP contribution is 2.24. The molecule has 1 fully saturated rings. The highest BCUT2D eigenvalue weighted by atomic mass is 19.1. The van der Waals surface area contributed by atoms with Crippen molar-refractivity contribution in [2.75, 3.05) is 23.8 Å². The Kier molecular flexibility index (Phi) is 5.07. The first kappa shape index (κ1) is 18.2. The summed E-state index contributed by atoms with van der Waals surface area (Å²) in [5, 5.41) is 16.4. The van der Waals surface area contributed by atoms with Crippen LogP contribution in [-0.2, 0) is 4.74 Å². The second-order valence-electron chi connectivity index (χ2n) is 6.72. The molecule has 3 unspecified atom stereocenters. The fourth-order valence-electron chi connectivity index (χ4n) is 3.10. The number of urea groups is 1. The summed E-state index contributed by atoms with van der Waals surface area (Å²) in [7, 11) is 0. The Morgan fingerprint density at radius 2 is 2.14 bits per heavy atom. The average Bonchev–Trinajstić information content (AvgIpc) is 3.29. The number of rotatable bonds is 5. The Labute approximate surface area is 160 Å². The van der Waals surface area contributed by atoms with E-state index in [9.17, 15) is 9.18 Å². The Morgan fingerprint density at radius 3 is 2.89 bits per heavy atom. The van der Waals surface area contributed by atoms with Crippen molar-refractivity contribution in [2.45, 2.75) is 25.2 Å². The van der Waals surface area contributed by atoms with Crippen LogP contribution in [-0.4, -0.2) is 46.6 Å². The number of aromatic amines is 1. The van der Waals surface area contributed by atoms with Gasteiger partial charge in [0.1, 0.15) is 12.0 Å². The normalized spacial score (nSPS) is 20.1. The minimum atomic E-state index is -1.07. The number of ether oxygens (including phenoxy) is 1. The minimum absolute atomic E-state index is 0.0862. The van der Waals surface area contributed by atoms with Crippen molar-refractivity contribution in [1.29, 1.82) is 0 Å². The molecule has 0 aliphatic carbocycles. The van der Waals surface area contributed by atoms with Gasteiger partial charge in [0.2, 0.25) is 0 Å². The third kappa shape index (κ3) is 3.89. The number of nitrogens with one attached hydrogen (secondary N) is 4. The monoisotopic (exact) mass is 384 g/mol. The summed E-state index contributed by atoms with van der Waals surface area (Å²) in [4.78, 5) is 16.5. The maximum Gasteiger partial charge on any atom is 0.320 e. The Bertz CT molecular complexity index is 963. The zero-order valence-corrected chi connectivity index (χ0v) is 15.3. The molecule has 0 spiro atoms. The van der Waals surface area contributed by atoms with Crippen molar-refractivity contribution in [3.05, 3.63) is 48.2 Å². The van der Waals surface area contributed by atoms with E-state index in [1.54, 1.807) is 12.3 Å². The van der Waals surface area contributed by atoms with Gasteiger partial charge in [-0.15, -0.1) is 0 Å². The molecule has 8 nitrogen and oxygen atoms in total. The van der Waals surface area contributed by atoms with E-state index in [0.29, 0.717) is 29.1 Å². The second-order valence-corrected chi connectivity index (χ2v) is 6.72. The largest absolute Gasteiger partial charge is 0.376 e. The predicted octanol–water partition coefficient (Wildman–Crippen LogP) is 2.99. The number of fused-ring (bicyclic) bond motifs is 1. The van der Waals surface area contributed by atoms with Crippen molar-refractivity contribution >= 4 is 28.6 Å². The van der Waals surface area contributed by atoms with Crippen LogP contribution in [0.2, 0.25) is 0 Å². The molecule has 146 valence electrons. The Morgan fingerprint density at radius 1 is 1.32 bits per heavy atom. The first-order chi connectivity index (χ1) is 13.6. The van der Waals surface area contributed by atoms with Gasteiger partial charge in [0.25, 0.3) is 0 Å².